The van der Waals surface area contributed by atoms with Crippen molar-refractivity contribution in [3.05, 3.63) is 53.3 Å². The number of likely N-dealkylation sites (N-methyl/N-ethyl adjacent to an activating group) is 1. The van der Waals surface area contributed by atoms with Gasteiger partial charge in [-0.05, 0) is 49.7 Å². The van der Waals surface area contributed by atoms with Crippen LogP contribution in [0.1, 0.15) is 18.1 Å². The second kappa shape index (κ2) is 9.20. The summed E-state index contributed by atoms with van der Waals surface area (Å²) in [7, 11) is 3.01. The summed E-state index contributed by atoms with van der Waals surface area (Å²) in [5.41, 5.74) is 2.51. The number of rotatable bonds is 8. The van der Waals surface area contributed by atoms with Crippen LogP contribution in [0.3, 0.4) is 0 Å². The maximum absolute atomic E-state index is 13.8. The van der Waals surface area contributed by atoms with E-state index in [1.54, 1.807) is 13.2 Å². The molecule has 0 spiro atoms. The van der Waals surface area contributed by atoms with Crippen LogP contribution in [0, 0.1) is 12.7 Å². The van der Waals surface area contributed by atoms with E-state index in [2.05, 4.69) is 5.32 Å². The van der Waals surface area contributed by atoms with Crippen molar-refractivity contribution in [3.63, 3.8) is 0 Å². The van der Waals surface area contributed by atoms with Crippen LogP contribution in [0.4, 0.5) is 10.1 Å². The van der Waals surface area contributed by atoms with Crippen LogP contribution in [-0.4, -0.2) is 33.2 Å². The number of anilines is 1. The molecule has 6 heteroatoms. The number of carbonyl (C=O) groups is 1. The first-order valence-corrected chi connectivity index (χ1v) is 8.57. The van der Waals surface area contributed by atoms with E-state index in [0.29, 0.717) is 18.0 Å². The average molecular weight is 361 g/mol. The zero-order chi connectivity index (χ0) is 19.1. The van der Waals surface area contributed by atoms with Crippen molar-refractivity contribution in [3.8, 4) is 11.5 Å². The van der Waals surface area contributed by atoms with Gasteiger partial charge in [0.1, 0.15) is 12.3 Å². The lowest BCUT2D eigenvalue weighted by atomic mass is 10.2. The molecule has 2 N–H and O–H groups in total. The maximum atomic E-state index is 13.8. The molecule has 0 aliphatic rings. The Morgan fingerprint density at radius 1 is 1.12 bits per heavy atom. The first kappa shape index (κ1) is 19.7. The zero-order valence-corrected chi connectivity index (χ0v) is 15.7. The van der Waals surface area contributed by atoms with Crippen molar-refractivity contribution in [1.29, 1.82) is 0 Å². The van der Waals surface area contributed by atoms with Gasteiger partial charge in [0.25, 0.3) is 5.91 Å². The van der Waals surface area contributed by atoms with Gasteiger partial charge in [-0.1, -0.05) is 6.07 Å². The van der Waals surface area contributed by atoms with Crippen LogP contribution in [0.2, 0.25) is 0 Å². The Kier molecular flexibility index (Phi) is 6.97. The first-order valence-electron chi connectivity index (χ1n) is 8.57. The third-order valence-corrected chi connectivity index (χ3v) is 4.21. The lowest BCUT2D eigenvalue weighted by Gasteiger charge is -2.18. The minimum Gasteiger partial charge on any atom is -0.495 e. The monoisotopic (exact) mass is 361 g/mol. The Morgan fingerprint density at radius 3 is 2.42 bits per heavy atom. The number of ether oxygens (including phenoxy) is 2. The van der Waals surface area contributed by atoms with E-state index in [1.807, 2.05) is 38.1 Å². The topological polar surface area (TPSA) is 52.0 Å². The van der Waals surface area contributed by atoms with Crippen LogP contribution in [0.25, 0.3) is 0 Å². The maximum Gasteiger partial charge on any atom is 0.279 e. The highest BCUT2D eigenvalue weighted by Gasteiger charge is 2.16. The number of nitrogens with one attached hydrogen (secondary N) is 2. The molecule has 0 heterocycles. The van der Waals surface area contributed by atoms with Crippen molar-refractivity contribution in [2.75, 3.05) is 32.6 Å². The molecule has 1 atom stereocenters. The molecule has 0 aliphatic carbocycles. The largest absolute Gasteiger partial charge is 0.495 e. The van der Waals surface area contributed by atoms with Crippen molar-refractivity contribution in [2.45, 2.75) is 20.4 Å². The molecular weight excluding hydrogens is 335 g/mol. The van der Waals surface area contributed by atoms with E-state index < -0.39 is 5.82 Å². The van der Waals surface area contributed by atoms with Gasteiger partial charge in [0, 0.05) is 5.56 Å². The normalized spacial score (nSPS) is 11.7. The molecule has 0 aromatic heterocycles. The second-order valence-corrected chi connectivity index (χ2v) is 6.18. The predicted molar refractivity (Wildman–Crippen MR) is 99.4 cm³/mol. The van der Waals surface area contributed by atoms with E-state index in [9.17, 15) is 9.18 Å². The van der Waals surface area contributed by atoms with Gasteiger partial charge in [-0.3, -0.25) is 4.79 Å². The second-order valence-electron chi connectivity index (χ2n) is 6.18. The summed E-state index contributed by atoms with van der Waals surface area (Å²) in [6, 6.07) is 10.5. The summed E-state index contributed by atoms with van der Waals surface area (Å²) >= 11 is 0. The molecule has 0 fully saturated rings. The van der Waals surface area contributed by atoms with Crippen molar-refractivity contribution in [1.82, 2.24) is 0 Å². The first-order chi connectivity index (χ1) is 12.5. The number of quaternary nitrogens is 1. The number of benzene rings is 2. The molecule has 0 bridgehead atoms. The highest BCUT2D eigenvalue weighted by molar-refractivity contribution is 5.93. The van der Waals surface area contributed by atoms with Crippen LogP contribution in [0.15, 0.2) is 36.4 Å². The standard InChI is InChI=1S/C20H25FN2O3/c1-5-23(12-15-7-9-18(25-3)16(21)11-15)13-20(24)22-17-10-14(2)6-8-19(17)26-4/h6-11H,5,12-13H2,1-4H3,(H,22,24)/p+1. The molecule has 2 aromatic carbocycles. The summed E-state index contributed by atoms with van der Waals surface area (Å²) < 4.78 is 24.1. The lowest BCUT2D eigenvalue weighted by molar-refractivity contribution is -0.903. The van der Waals surface area contributed by atoms with Gasteiger partial charge in [0.15, 0.2) is 18.1 Å². The Hall–Kier alpha value is -2.60. The fraction of sp³-hybridized carbons (Fsp3) is 0.350. The minimum atomic E-state index is -0.394. The highest BCUT2D eigenvalue weighted by Crippen LogP contribution is 2.24. The Balaban J connectivity index is 2.02. The number of hydrogen-bond donors (Lipinski definition) is 2. The highest BCUT2D eigenvalue weighted by atomic mass is 19.1. The number of methoxy groups -OCH3 is 2. The number of halogens is 1. The van der Waals surface area contributed by atoms with E-state index in [0.717, 1.165) is 22.6 Å². The van der Waals surface area contributed by atoms with Gasteiger partial charge >= 0.3 is 0 Å². The lowest BCUT2D eigenvalue weighted by Crippen LogP contribution is -3.11. The quantitative estimate of drug-likeness (QED) is 0.758. The van der Waals surface area contributed by atoms with Gasteiger partial charge in [-0.15, -0.1) is 0 Å². The number of amides is 1. The molecule has 5 nitrogen and oxygen atoms in total. The average Bonchev–Trinajstić information content (AvgIpc) is 2.61. The molecular formula is C20H26FN2O3+. The molecule has 26 heavy (non-hydrogen) atoms. The number of hydrogen-bond acceptors (Lipinski definition) is 3. The van der Waals surface area contributed by atoms with E-state index in [4.69, 9.17) is 9.47 Å². The van der Waals surface area contributed by atoms with Gasteiger partial charge in [-0.25, -0.2) is 4.39 Å². The van der Waals surface area contributed by atoms with Gasteiger partial charge in [0.05, 0.1) is 26.5 Å². The van der Waals surface area contributed by atoms with Crippen molar-refractivity contribution >= 4 is 11.6 Å². The molecule has 1 amide bonds. The minimum absolute atomic E-state index is 0.111. The van der Waals surface area contributed by atoms with Crippen molar-refractivity contribution in [2.24, 2.45) is 0 Å². The van der Waals surface area contributed by atoms with Gasteiger partial charge in [-0.2, -0.15) is 0 Å². The Morgan fingerprint density at radius 2 is 1.81 bits per heavy atom. The molecule has 0 aliphatic heterocycles. The molecule has 0 saturated heterocycles. The fourth-order valence-electron chi connectivity index (χ4n) is 2.76. The number of carbonyl (C=O) groups excluding carboxylic acids is 1. The summed E-state index contributed by atoms with van der Waals surface area (Å²) in [6.45, 7) is 5.52. The summed E-state index contributed by atoms with van der Waals surface area (Å²) in [6.07, 6.45) is 0. The van der Waals surface area contributed by atoms with Crippen LogP contribution in [0.5, 0.6) is 11.5 Å². The summed E-state index contributed by atoms with van der Waals surface area (Å²) in [5, 5.41) is 2.90. The molecule has 2 aromatic rings. The number of aryl methyl sites for hydroxylation is 1. The van der Waals surface area contributed by atoms with E-state index >= 15 is 0 Å². The van der Waals surface area contributed by atoms with Gasteiger partial charge in [0.2, 0.25) is 0 Å². The predicted octanol–water partition coefficient (Wildman–Crippen LogP) is 2.19. The SMILES string of the molecule is CC[NH+](CC(=O)Nc1cc(C)ccc1OC)Cc1ccc(OC)c(F)c1. The van der Waals surface area contributed by atoms with Gasteiger partial charge < -0.3 is 19.7 Å². The van der Waals surface area contributed by atoms with Crippen LogP contribution < -0.4 is 19.7 Å². The summed E-state index contributed by atoms with van der Waals surface area (Å²) in [4.78, 5) is 13.5. The zero-order valence-electron chi connectivity index (χ0n) is 15.7. The van der Waals surface area contributed by atoms with Crippen LogP contribution in [-0.2, 0) is 11.3 Å². The van der Waals surface area contributed by atoms with E-state index in [-0.39, 0.29) is 18.2 Å². The smallest absolute Gasteiger partial charge is 0.279 e. The third-order valence-electron chi connectivity index (χ3n) is 4.21. The molecule has 0 saturated carbocycles. The van der Waals surface area contributed by atoms with Crippen molar-refractivity contribution < 1.29 is 23.6 Å². The third kappa shape index (κ3) is 5.20. The van der Waals surface area contributed by atoms with E-state index in [1.165, 1.54) is 13.2 Å². The Bertz CT molecular complexity index is 765. The summed E-state index contributed by atoms with van der Waals surface area (Å²) in [5.74, 6) is 0.337. The molecule has 1 unspecified atom stereocenters. The molecule has 140 valence electrons. The van der Waals surface area contributed by atoms with Crippen LogP contribution >= 0.6 is 0 Å². The molecule has 2 rings (SSSR count). The fourth-order valence-corrected chi connectivity index (χ4v) is 2.76. The molecule has 0 radical (unpaired) electrons. The Labute approximate surface area is 153 Å².